The van der Waals surface area contributed by atoms with Crippen molar-refractivity contribution in [2.75, 3.05) is 6.61 Å². The number of nitrogens with zero attached hydrogens (tertiary/aromatic N) is 1. The second-order valence-corrected chi connectivity index (χ2v) is 10.3. The molecule has 0 bridgehead atoms. The lowest BCUT2D eigenvalue weighted by Gasteiger charge is -2.36. The second kappa shape index (κ2) is 12.8. The summed E-state index contributed by atoms with van der Waals surface area (Å²) in [6.45, 7) is 7.68. The first-order chi connectivity index (χ1) is 16.1. The van der Waals surface area contributed by atoms with Crippen LogP contribution in [-0.4, -0.2) is 6.61 Å². The van der Waals surface area contributed by atoms with Gasteiger partial charge >= 0.3 is 0 Å². The van der Waals surface area contributed by atoms with Crippen LogP contribution in [0.15, 0.2) is 48.5 Å². The fraction of sp³-hybridized carbons (Fsp3) is 0.581. The quantitative estimate of drug-likeness (QED) is 0.305. The summed E-state index contributed by atoms with van der Waals surface area (Å²) >= 11 is 0. The fourth-order valence-electron chi connectivity index (χ4n) is 5.23. The normalized spacial score (nSPS) is 21.3. The average Bonchev–Trinajstić information content (AvgIpc) is 2.87. The van der Waals surface area contributed by atoms with Crippen LogP contribution >= 0.6 is 0 Å². The zero-order chi connectivity index (χ0) is 23.5. The van der Waals surface area contributed by atoms with Gasteiger partial charge in [0.1, 0.15) is 5.75 Å². The van der Waals surface area contributed by atoms with E-state index in [1.165, 1.54) is 68.1 Å². The topological polar surface area (TPSA) is 33.0 Å². The monoisotopic (exact) mass is 445 g/mol. The van der Waals surface area contributed by atoms with E-state index >= 15 is 0 Å². The summed E-state index contributed by atoms with van der Waals surface area (Å²) in [5.41, 5.74) is 3.28. The molecule has 0 saturated heterocycles. The largest absolute Gasteiger partial charge is 0.494 e. The fourth-order valence-corrected chi connectivity index (χ4v) is 5.23. The molecule has 1 fully saturated rings. The predicted molar refractivity (Wildman–Crippen MR) is 139 cm³/mol. The number of benzene rings is 2. The number of rotatable bonds is 12. The first-order valence-corrected chi connectivity index (χ1v) is 13.3. The van der Waals surface area contributed by atoms with E-state index < -0.39 is 0 Å². The summed E-state index contributed by atoms with van der Waals surface area (Å²) in [7, 11) is 0. The minimum absolute atomic E-state index is 0.306. The van der Waals surface area contributed by atoms with Gasteiger partial charge < -0.3 is 4.74 Å². The van der Waals surface area contributed by atoms with Gasteiger partial charge in [0.05, 0.1) is 18.1 Å². The van der Waals surface area contributed by atoms with Crippen LogP contribution in [0.5, 0.6) is 5.75 Å². The van der Waals surface area contributed by atoms with E-state index in [4.69, 9.17) is 4.74 Å². The van der Waals surface area contributed by atoms with Gasteiger partial charge in [0.15, 0.2) is 0 Å². The Balaban J connectivity index is 1.55. The van der Waals surface area contributed by atoms with E-state index in [-0.39, 0.29) is 5.41 Å². The van der Waals surface area contributed by atoms with E-state index in [0.29, 0.717) is 0 Å². The summed E-state index contributed by atoms with van der Waals surface area (Å²) in [6, 6.07) is 19.9. The highest BCUT2D eigenvalue weighted by Crippen LogP contribution is 2.43. The van der Waals surface area contributed by atoms with Gasteiger partial charge in [-0.1, -0.05) is 89.3 Å². The SMILES string of the molecule is CCCCCCCOc1ccc(-c2ccc(C3(C#N)CCC(CC(C)CC)CC3)cc2)cc1. The molecule has 178 valence electrons. The zero-order valence-corrected chi connectivity index (χ0v) is 21.1. The maximum absolute atomic E-state index is 10.1. The predicted octanol–water partition coefficient (Wildman–Crippen LogP) is 9.09. The van der Waals surface area contributed by atoms with E-state index in [0.717, 1.165) is 43.5 Å². The van der Waals surface area contributed by atoms with Crippen LogP contribution < -0.4 is 4.74 Å². The Kier molecular flexibility index (Phi) is 9.86. The highest BCUT2D eigenvalue weighted by Gasteiger charge is 2.37. The number of nitriles is 1. The Hall–Kier alpha value is -2.27. The highest BCUT2D eigenvalue weighted by atomic mass is 16.5. The summed E-state index contributed by atoms with van der Waals surface area (Å²) in [4.78, 5) is 0. The molecule has 0 heterocycles. The van der Waals surface area contributed by atoms with Crippen LogP contribution in [0.1, 0.15) is 97.0 Å². The Morgan fingerprint density at radius 1 is 0.909 bits per heavy atom. The first kappa shape index (κ1) is 25.4. The molecular formula is C31H43NO. The van der Waals surface area contributed by atoms with Crippen molar-refractivity contribution in [3.63, 3.8) is 0 Å². The molecule has 0 aromatic heterocycles. The molecule has 2 heteroatoms. The number of ether oxygens (including phenoxy) is 1. The van der Waals surface area contributed by atoms with E-state index in [1.807, 2.05) is 0 Å². The molecule has 0 amide bonds. The van der Waals surface area contributed by atoms with Crippen molar-refractivity contribution < 1.29 is 4.74 Å². The molecule has 2 nitrogen and oxygen atoms in total. The lowest BCUT2D eigenvalue weighted by molar-refractivity contribution is 0.241. The standard InChI is InChI=1S/C31H43NO/c1-4-6-7-8-9-22-33-30-16-12-28(13-17-30)27-10-14-29(15-11-27)31(24-32)20-18-26(19-21-31)23-25(3)5-2/h10-17,25-26H,4-9,18-23H2,1-3H3. The Morgan fingerprint density at radius 3 is 2.09 bits per heavy atom. The molecule has 0 N–H and O–H groups in total. The molecule has 3 rings (SSSR count). The van der Waals surface area contributed by atoms with Crippen molar-refractivity contribution >= 4 is 0 Å². The molecule has 0 radical (unpaired) electrons. The molecular weight excluding hydrogens is 402 g/mol. The summed E-state index contributed by atoms with van der Waals surface area (Å²) in [5.74, 6) is 2.53. The number of hydrogen-bond acceptors (Lipinski definition) is 2. The van der Waals surface area contributed by atoms with Crippen molar-refractivity contribution in [1.82, 2.24) is 0 Å². The highest BCUT2D eigenvalue weighted by molar-refractivity contribution is 5.64. The second-order valence-electron chi connectivity index (χ2n) is 10.3. The van der Waals surface area contributed by atoms with Crippen molar-refractivity contribution in [2.45, 2.75) is 96.8 Å². The van der Waals surface area contributed by atoms with Gasteiger partial charge in [-0.2, -0.15) is 5.26 Å². The van der Waals surface area contributed by atoms with E-state index in [2.05, 4.69) is 75.4 Å². The van der Waals surface area contributed by atoms with Gasteiger partial charge in [0, 0.05) is 0 Å². The summed E-state index contributed by atoms with van der Waals surface area (Å²) in [5, 5.41) is 10.1. The van der Waals surface area contributed by atoms with Gasteiger partial charge in [0.2, 0.25) is 0 Å². The molecule has 33 heavy (non-hydrogen) atoms. The van der Waals surface area contributed by atoms with Crippen LogP contribution in [0.2, 0.25) is 0 Å². The minimum Gasteiger partial charge on any atom is -0.494 e. The van der Waals surface area contributed by atoms with Crippen molar-refractivity contribution in [3.8, 4) is 22.9 Å². The van der Waals surface area contributed by atoms with Gasteiger partial charge in [-0.3, -0.25) is 0 Å². The molecule has 0 spiro atoms. The lowest BCUT2D eigenvalue weighted by Crippen LogP contribution is -2.30. The van der Waals surface area contributed by atoms with Crippen molar-refractivity contribution in [2.24, 2.45) is 11.8 Å². The van der Waals surface area contributed by atoms with E-state index in [9.17, 15) is 5.26 Å². The van der Waals surface area contributed by atoms with Gasteiger partial charge in [-0.15, -0.1) is 0 Å². The molecule has 1 aliphatic carbocycles. The number of unbranched alkanes of at least 4 members (excludes halogenated alkanes) is 4. The third-order valence-electron chi connectivity index (χ3n) is 7.75. The summed E-state index contributed by atoms with van der Waals surface area (Å²) < 4.78 is 5.91. The summed E-state index contributed by atoms with van der Waals surface area (Å²) in [6.07, 6.45) is 13.2. The Morgan fingerprint density at radius 2 is 1.52 bits per heavy atom. The molecule has 1 aliphatic rings. The third kappa shape index (κ3) is 7.10. The lowest BCUT2D eigenvalue weighted by atomic mass is 9.66. The maximum atomic E-state index is 10.1. The molecule has 1 atom stereocenters. The van der Waals surface area contributed by atoms with Crippen LogP contribution in [0, 0.1) is 23.2 Å². The third-order valence-corrected chi connectivity index (χ3v) is 7.75. The molecule has 1 unspecified atom stereocenters. The zero-order valence-electron chi connectivity index (χ0n) is 21.1. The smallest absolute Gasteiger partial charge is 0.119 e. The molecule has 2 aromatic carbocycles. The minimum atomic E-state index is -0.306. The maximum Gasteiger partial charge on any atom is 0.119 e. The molecule has 0 aliphatic heterocycles. The Bertz CT molecular complexity index is 853. The average molecular weight is 446 g/mol. The van der Waals surface area contributed by atoms with Crippen LogP contribution in [0.25, 0.3) is 11.1 Å². The Labute approximate surface area is 202 Å². The van der Waals surface area contributed by atoms with E-state index in [1.54, 1.807) is 0 Å². The van der Waals surface area contributed by atoms with Gasteiger partial charge in [-0.25, -0.2) is 0 Å². The van der Waals surface area contributed by atoms with Crippen LogP contribution in [0.3, 0.4) is 0 Å². The van der Waals surface area contributed by atoms with Crippen LogP contribution in [-0.2, 0) is 5.41 Å². The van der Waals surface area contributed by atoms with Gasteiger partial charge in [0.25, 0.3) is 0 Å². The number of hydrogen-bond donors (Lipinski definition) is 0. The molecule has 2 aromatic rings. The van der Waals surface area contributed by atoms with Gasteiger partial charge in [-0.05, 0) is 79.2 Å². The van der Waals surface area contributed by atoms with Crippen LogP contribution in [0.4, 0.5) is 0 Å². The van der Waals surface area contributed by atoms with Crippen molar-refractivity contribution in [1.29, 1.82) is 5.26 Å². The molecule has 1 saturated carbocycles. The van der Waals surface area contributed by atoms with Crippen molar-refractivity contribution in [3.05, 3.63) is 54.1 Å². The first-order valence-electron chi connectivity index (χ1n) is 13.3.